The van der Waals surface area contributed by atoms with E-state index in [9.17, 15) is 10.0 Å². The zero-order chi connectivity index (χ0) is 43.5. The lowest BCUT2D eigenvalue weighted by atomic mass is 9.70. The lowest BCUT2D eigenvalue weighted by Gasteiger charge is -2.36. The Hall–Kier alpha value is -4.74. The van der Waals surface area contributed by atoms with Crippen LogP contribution < -0.4 is 43.4 Å². The molecule has 9 rings (SSSR count). The smallest absolute Gasteiger partial charge is 0.457 e. The molecule has 0 radical (unpaired) electrons. The molecule has 0 aromatic heterocycles. The van der Waals surface area contributed by atoms with E-state index >= 15 is 0 Å². The Morgan fingerprint density at radius 1 is 0.365 bits per heavy atom. The van der Waals surface area contributed by atoms with Crippen molar-refractivity contribution in [2.45, 2.75) is 154 Å². The third kappa shape index (κ3) is 8.52. The maximum absolute atomic E-state index is 11.5. The van der Waals surface area contributed by atoms with Crippen molar-refractivity contribution in [1.29, 1.82) is 0 Å². The molecule has 0 saturated carbocycles. The van der Waals surface area contributed by atoms with Crippen LogP contribution in [-0.4, -0.2) is 44.3 Å². The van der Waals surface area contributed by atoms with Crippen molar-refractivity contribution in [3.8, 4) is 46.0 Å². The van der Waals surface area contributed by atoms with Crippen LogP contribution in [0.1, 0.15) is 199 Å². The van der Waals surface area contributed by atoms with Gasteiger partial charge in [-0.3, -0.25) is 0 Å². The Morgan fingerprint density at radius 3 is 0.889 bits per heavy atom. The summed E-state index contributed by atoms with van der Waals surface area (Å²) in [6.07, 6.45) is 16.0. The third-order valence-corrected chi connectivity index (χ3v) is 14.1. The molecule has 2 N–H and O–H groups in total. The van der Waals surface area contributed by atoms with E-state index in [-0.39, 0.29) is 56.3 Å². The number of benzene rings is 4. The number of unbranched alkanes of at least 4 members (excludes halogenated alkanes) is 8. The van der Waals surface area contributed by atoms with Crippen molar-refractivity contribution in [3.05, 3.63) is 87.0 Å². The van der Waals surface area contributed by atoms with Crippen LogP contribution in [0.5, 0.6) is 46.0 Å². The summed E-state index contributed by atoms with van der Waals surface area (Å²) in [5, 5.41) is 22.9. The molecule has 1 aliphatic carbocycles. The molecule has 0 saturated heterocycles. The van der Waals surface area contributed by atoms with Gasteiger partial charge in [0.1, 0.15) is 46.0 Å². The van der Waals surface area contributed by atoms with Gasteiger partial charge in [0.15, 0.2) is 0 Å². The standard InChI is InChI=1S/C52H65BO10/c1-5-9-13-17-32-36-21-37-33(18-14-10-6-2)39-23-41-35(20-16-12-8-4)43-24-42-34(19-15-11-7-3)40-22-38(32)46-26-48(40)60-30-62-51(42)50(53(54)55)52(43)63-31-61-49(41)27-47(39)59-29-57-45(37)25-44(36)56-28-58-46/h21-27,32-35,54-55H,5-20,28-31H2,1-4H3. The van der Waals surface area contributed by atoms with Crippen molar-refractivity contribution in [3.63, 3.8) is 0 Å². The summed E-state index contributed by atoms with van der Waals surface area (Å²) >= 11 is 0. The Bertz CT molecular complexity index is 2110. The van der Waals surface area contributed by atoms with E-state index in [1.807, 2.05) is 12.1 Å². The van der Waals surface area contributed by atoms with E-state index < -0.39 is 7.12 Å². The maximum Gasteiger partial charge on any atom is 0.496 e. The largest absolute Gasteiger partial charge is 0.496 e. The lowest BCUT2D eigenvalue weighted by Crippen LogP contribution is -2.37. The normalized spacial score (nSPS) is 19.8. The van der Waals surface area contributed by atoms with Gasteiger partial charge in [0.2, 0.25) is 27.2 Å². The second-order valence-corrected chi connectivity index (χ2v) is 18.1. The van der Waals surface area contributed by atoms with Gasteiger partial charge in [-0.1, -0.05) is 105 Å². The summed E-state index contributed by atoms with van der Waals surface area (Å²) < 4.78 is 52.5. The summed E-state index contributed by atoms with van der Waals surface area (Å²) in [5.41, 5.74) is 8.58. The fraction of sp³-hybridized carbons (Fsp3) is 0.538. The highest BCUT2D eigenvalue weighted by Crippen LogP contribution is 2.55. The maximum atomic E-state index is 11.5. The van der Waals surface area contributed by atoms with Gasteiger partial charge < -0.3 is 47.9 Å². The van der Waals surface area contributed by atoms with Gasteiger partial charge in [-0.25, -0.2) is 0 Å². The summed E-state index contributed by atoms with van der Waals surface area (Å²) in [6.45, 7) is 8.70. The molecule has 11 heteroatoms. The molecule has 4 aliphatic heterocycles. The van der Waals surface area contributed by atoms with Crippen LogP contribution in [0, 0.1) is 0 Å². The van der Waals surface area contributed by atoms with E-state index in [0.717, 1.165) is 170 Å². The molecule has 4 unspecified atom stereocenters. The van der Waals surface area contributed by atoms with Crippen LogP contribution in [0.4, 0.5) is 0 Å². The Morgan fingerprint density at radius 2 is 0.619 bits per heavy atom. The predicted molar refractivity (Wildman–Crippen MR) is 244 cm³/mol. The van der Waals surface area contributed by atoms with Crippen molar-refractivity contribution in [2.24, 2.45) is 0 Å². The van der Waals surface area contributed by atoms with E-state index in [4.69, 9.17) is 37.9 Å². The van der Waals surface area contributed by atoms with E-state index in [2.05, 4.69) is 58.0 Å². The highest BCUT2D eigenvalue weighted by Gasteiger charge is 2.40. The van der Waals surface area contributed by atoms with E-state index in [1.54, 1.807) is 0 Å². The first kappa shape index (κ1) is 43.5. The number of rotatable bonds is 17. The average Bonchev–Trinajstić information content (AvgIpc) is 3.26. The van der Waals surface area contributed by atoms with E-state index in [1.165, 1.54) is 0 Å². The number of hydrogen-bond acceptors (Lipinski definition) is 10. The monoisotopic (exact) mass is 860 g/mol. The molecule has 4 aromatic carbocycles. The highest BCUT2D eigenvalue weighted by atomic mass is 16.7. The van der Waals surface area contributed by atoms with E-state index in [0.29, 0.717) is 23.0 Å². The van der Waals surface area contributed by atoms with Gasteiger partial charge in [-0.2, -0.15) is 0 Å². The molecule has 8 bridgehead atoms. The molecule has 336 valence electrons. The minimum Gasteiger partial charge on any atom is -0.457 e. The molecule has 4 atom stereocenters. The first-order valence-corrected chi connectivity index (χ1v) is 24.1. The van der Waals surface area contributed by atoms with Crippen LogP contribution in [0.25, 0.3) is 0 Å². The van der Waals surface area contributed by atoms with Gasteiger partial charge in [-0.15, -0.1) is 0 Å². The van der Waals surface area contributed by atoms with Crippen molar-refractivity contribution in [2.75, 3.05) is 27.2 Å². The second-order valence-electron chi connectivity index (χ2n) is 18.1. The van der Waals surface area contributed by atoms with Crippen molar-refractivity contribution >= 4 is 12.6 Å². The van der Waals surface area contributed by atoms with Gasteiger partial charge in [0.05, 0.1) is 5.46 Å². The zero-order valence-corrected chi connectivity index (χ0v) is 37.7. The molecular formula is C52H65BO10. The topological polar surface area (TPSA) is 114 Å². The molecule has 4 aromatic rings. The van der Waals surface area contributed by atoms with Crippen LogP contribution in [0.2, 0.25) is 0 Å². The zero-order valence-electron chi connectivity index (χ0n) is 37.7. The van der Waals surface area contributed by atoms with Crippen molar-refractivity contribution in [1.82, 2.24) is 0 Å². The third-order valence-electron chi connectivity index (χ3n) is 14.1. The molecule has 10 nitrogen and oxygen atoms in total. The molecule has 5 aliphatic rings. The molecule has 0 amide bonds. The quantitative estimate of drug-likeness (QED) is 0.0785. The van der Waals surface area contributed by atoms with Crippen molar-refractivity contribution < 1.29 is 47.9 Å². The number of ether oxygens (including phenoxy) is 8. The Balaban J connectivity index is 1.41. The summed E-state index contributed by atoms with van der Waals surface area (Å²) in [4.78, 5) is 0. The average molecular weight is 861 g/mol. The predicted octanol–water partition coefficient (Wildman–Crippen LogP) is 11.4. The first-order chi connectivity index (χ1) is 30.9. The highest BCUT2D eigenvalue weighted by molar-refractivity contribution is 6.61. The SMILES string of the molecule is CCCCCC1c2cc3c4cc2OCOc2cc5c(cc21)C(CCCCC)c1cc2c(c(B(O)O)c1OCO5)OCOc1cc(c(cc1C2CCCCC)C3CCCCC)OCO4. The fourth-order valence-electron chi connectivity index (χ4n) is 10.9. The fourth-order valence-corrected chi connectivity index (χ4v) is 10.9. The minimum absolute atomic E-state index is 0.0211. The van der Waals surface area contributed by atoms with Crippen LogP contribution in [0.15, 0.2) is 42.5 Å². The molecule has 0 fully saturated rings. The van der Waals surface area contributed by atoms with Gasteiger partial charge in [0, 0.05) is 86.4 Å². The van der Waals surface area contributed by atoms with Gasteiger partial charge >= 0.3 is 7.12 Å². The summed E-state index contributed by atoms with van der Waals surface area (Å²) in [7, 11) is -1.88. The Labute approximate surface area is 373 Å². The van der Waals surface area contributed by atoms with Gasteiger partial charge in [0.25, 0.3) is 0 Å². The molecule has 0 spiro atoms. The molecular weight excluding hydrogens is 795 g/mol. The minimum atomic E-state index is -1.88. The van der Waals surface area contributed by atoms with Crippen LogP contribution in [-0.2, 0) is 0 Å². The summed E-state index contributed by atoms with van der Waals surface area (Å²) in [6, 6.07) is 15.5. The van der Waals surface area contributed by atoms with Crippen LogP contribution in [0.3, 0.4) is 0 Å². The second kappa shape index (κ2) is 19.6. The van der Waals surface area contributed by atoms with Crippen LogP contribution >= 0.6 is 0 Å². The lowest BCUT2D eigenvalue weighted by molar-refractivity contribution is 0.0992. The molecule has 4 heterocycles. The molecule has 63 heavy (non-hydrogen) atoms. The first-order valence-electron chi connectivity index (χ1n) is 24.1. The van der Waals surface area contributed by atoms with Gasteiger partial charge in [-0.05, 0) is 49.9 Å². The number of hydrogen-bond donors (Lipinski definition) is 2. The Kier molecular flexibility index (Phi) is 13.5. The summed E-state index contributed by atoms with van der Waals surface area (Å²) in [5.74, 6) is 4.66.